The summed E-state index contributed by atoms with van der Waals surface area (Å²) in [6, 6.07) is 18.1. The molecular weight excluding hydrogens is 434 g/mol. The number of hydrogen-bond acceptors (Lipinski definition) is 5. The number of methoxy groups -OCH3 is 1. The molecule has 0 saturated carbocycles. The van der Waals surface area contributed by atoms with Gasteiger partial charge in [-0.2, -0.15) is 0 Å². The number of nitrogens with zero attached hydrogens (tertiary/aromatic N) is 2. The van der Waals surface area contributed by atoms with Crippen LogP contribution in [-0.4, -0.2) is 32.5 Å². The molecule has 134 valence electrons. The molecule has 0 unspecified atom stereocenters. The van der Waals surface area contributed by atoms with Gasteiger partial charge in [-0.3, -0.25) is 25.7 Å². The maximum absolute atomic E-state index is 9.15. The molecule has 0 atom stereocenters. The number of ether oxygens (including phenoxy) is 1. The van der Waals surface area contributed by atoms with E-state index in [1.807, 2.05) is 36.4 Å². The molecule has 2 aromatic heterocycles. The molecule has 25 heavy (non-hydrogen) atoms. The first-order valence-corrected chi connectivity index (χ1v) is 8.16. The average Bonchev–Trinajstić information content (AvgIpc) is 2.63. The summed E-state index contributed by atoms with van der Waals surface area (Å²) >= 11 is 2.77. The summed E-state index contributed by atoms with van der Waals surface area (Å²) in [5.41, 5.74) is 2.26. The SMILES string of the molecule is COc1ccc([B-](O)(O)Br)cc1.[Cu+].c1ccc(-c2ccccn2)nc1. The number of halogens is 1. The molecule has 8 heteroatoms. The summed E-state index contributed by atoms with van der Waals surface area (Å²) in [7, 11) is 1.55. The van der Waals surface area contributed by atoms with Crippen molar-refractivity contribution in [2.45, 2.75) is 0 Å². The number of benzene rings is 1. The molecule has 0 saturated heterocycles. The van der Waals surface area contributed by atoms with E-state index < -0.39 is 5.38 Å². The van der Waals surface area contributed by atoms with Crippen LogP contribution in [0.3, 0.4) is 0 Å². The van der Waals surface area contributed by atoms with Gasteiger partial charge in [0.25, 0.3) is 0 Å². The van der Waals surface area contributed by atoms with E-state index in [1.165, 1.54) is 0 Å². The molecule has 3 aromatic rings. The zero-order valence-corrected chi connectivity index (χ0v) is 15.9. The predicted molar refractivity (Wildman–Crippen MR) is 99.2 cm³/mol. The summed E-state index contributed by atoms with van der Waals surface area (Å²) in [5, 5.41) is 15.7. The summed E-state index contributed by atoms with van der Waals surface area (Å²) in [6.07, 6.45) is 3.54. The van der Waals surface area contributed by atoms with Gasteiger partial charge in [-0.15, -0.1) is 5.46 Å². The van der Waals surface area contributed by atoms with Crippen LogP contribution in [0.15, 0.2) is 73.1 Å². The van der Waals surface area contributed by atoms with Crippen LogP contribution < -0.4 is 10.2 Å². The number of aromatic nitrogens is 2. The van der Waals surface area contributed by atoms with Crippen LogP contribution >= 0.6 is 15.8 Å². The van der Waals surface area contributed by atoms with Crippen LogP contribution in [-0.2, 0) is 17.1 Å². The molecule has 2 N–H and O–H groups in total. The first-order chi connectivity index (χ1) is 11.5. The molecule has 0 aliphatic rings. The van der Waals surface area contributed by atoms with Crippen LogP contribution in [0.5, 0.6) is 5.75 Å². The van der Waals surface area contributed by atoms with E-state index in [4.69, 9.17) is 14.8 Å². The summed E-state index contributed by atoms with van der Waals surface area (Å²) in [5.74, 6) is 0.686. The Morgan fingerprint density at radius 3 is 1.64 bits per heavy atom. The molecule has 0 aliphatic heterocycles. The fourth-order valence-electron chi connectivity index (χ4n) is 1.88. The molecule has 0 amide bonds. The molecule has 0 radical (unpaired) electrons. The van der Waals surface area contributed by atoms with Crippen molar-refractivity contribution in [3.05, 3.63) is 73.1 Å². The minimum Gasteiger partial charge on any atom is -0.570 e. The van der Waals surface area contributed by atoms with E-state index in [0.29, 0.717) is 11.2 Å². The Labute approximate surface area is 165 Å². The standard InChI is InChI=1S/C10H8N2.C7H9BBrO3.Cu/c1-3-7-11-9(5-1)10-6-2-4-8-12-10;1-12-7-4-2-6(3-5-7)8(9,10)11;/h1-8H;2-5,10-11H,1H3;/q;-1;+1. The van der Waals surface area contributed by atoms with E-state index in [-0.39, 0.29) is 17.1 Å². The molecule has 5 nitrogen and oxygen atoms in total. The maximum atomic E-state index is 9.15. The van der Waals surface area contributed by atoms with Crippen molar-refractivity contribution in [2.75, 3.05) is 7.11 Å². The van der Waals surface area contributed by atoms with Crippen LogP contribution in [0.2, 0.25) is 0 Å². The summed E-state index contributed by atoms with van der Waals surface area (Å²) < 4.78 is 4.91. The van der Waals surface area contributed by atoms with Crippen LogP contribution in [0.25, 0.3) is 11.4 Å². The van der Waals surface area contributed by atoms with Crippen molar-refractivity contribution in [1.82, 2.24) is 9.97 Å². The van der Waals surface area contributed by atoms with Gasteiger partial charge >= 0.3 is 22.4 Å². The summed E-state index contributed by atoms with van der Waals surface area (Å²) in [4.78, 5) is 8.37. The van der Waals surface area contributed by atoms with Gasteiger partial charge in [0.2, 0.25) is 0 Å². The molecule has 3 rings (SSSR count). The van der Waals surface area contributed by atoms with Gasteiger partial charge in [-0.05, 0) is 36.4 Å². The second kappa shape index (κ2) is 10.3. The molecule has 0 bridgehead atoms. The Bertz CT molecular complexity index is 704. The van der Waals surface area contributed by atoms with Gasteiger partial charge in [0.15, 0.2) is 0 Å². The topological polar surface area (TPSA) is 75.5 Å². The van der Waals surface area contributed by atoms with Crippen LogP contribution in [0.1, 0.15) is 0 Å². The number of pyridine rings is 2. The molecule has 0 spiro atoms. The van der Waals surface area contributed by atoms with Crippen molar-refractivity contribution >= 4 is 26.6 Å². The predicted octanol–water partition coefficient (Wildman–Crippen LogP) is 2.36. The van der Waals surface area contributed by atoms with E-state index in [0.717, 1.165) is 11.4 Å². The van der Waals surface area contributed by atoms with E-state index in [9.17, 15) is 0 Å². The van der Waals surface area contributed by atoms with Crippen LogP contribution in [0, 0.1) is 0 Å². The third-order valence-corrected chi connectivity index (χ3v) is 3.66. The third kappa shape index (κ3) is 6.98. The quantitative estimate of drug-likeness (QED) is 0.598. The third-order valence-electron chi connectivity index (χ3n) is 3.13. The molecular formula is C17H17BBrCuN2O3. The number of hydrogen-bond donors (Lipinski definition) is 2. The van der Waals surface area contributed by atoms with Crippen LogP contribution in [0.4, 0.5) is 0 Å². The molecule has 2 heterocycles. The Morgan fingerprint density at radius 1 is 0.840 bits per heavy atom. The second-order valence-corrected chi connectivity index (χ2v) is 6.16. The largest absolute Gasteiger partial charge is 1.00 e. The van der Waals surface area contributed by atoms with Crippen molar-refractivity contribution in [1.29, 1.82) is 0 Å². The first kappa shape index (κ1) is 21.3. The van der Waals surface area contributed by atoms with Gasteiger partial charge in [-0.25, -0.2) is 0 Å². The van der Waals surface area contributed by atoms with E-state index in [1.54, 1.807) is 43.8 Å². The number of rotatable bonds is 3. The Kier molecular flexibility index (Phi) is 8.82. The zero-order valence-electron chi connectivity index (χ0n) is 13.4. The normalized spacial score (nSPS) is 10.1. The smallest absolute Gasteiger partial charge is 0.570 e. The van der Waals surface area contributed by atoms with Gasteiger partial charge < -0.3 is 14.8 Å². The average molecular weight is 452 g/mol. The van der Waals surface area contributed by atoms with E-state index in [2.05, 4.69) is 25.7 Å². The van der Waals surface area contributed by atoms with Gasteiger partial charge in [-0.1, -0.05) is 24.3 Å². The van der Waals surface area contributed by atoms with Gasteiger partial charge in [0, 0.05) is 12.4 Å². The Hall–Kier alpha value is -1.70. The minimum atomic E-state index is -2.57. The fraction of sp³-hybridized carbons (Fsp3) is 0.0588. The molecule has 1 aromatic carbocycles. The van der Waals surface area contributed by atoms with E-state index >= 15 is 0 Å². The molecule has 0 fully saturated rings. The molecule has 0 aliphatic carbocycles. The van der Waals surface area contributed by atoms with Crippen molar-refractivity contribution in [2.24, 2.45) is 0 Å². The van der Waals surface area contributed by atoms with Crippen molar-refractivity contribution in [3.63, 3.8) is 0 Å². The van der Waals surface area contributed by atoms with Crippen molar-refractivity contribution in [3.8, 4) is 17.1 Å². The second-order valence-electron chi connectivity index (χ2n) is 4.88. The Morgan fingerprint density at radius 2 is 1.32 bits per heavy atom. The Balaban J connectivity index is 0.000000240. The van der Waals surface area contributed by atoms with Gasteiger partial charge in [0.05, 0.1) is 18.5 Å². The maximum Gasteiger partial charge on any atom is 1.00 e. The zero-order chi connectivity index (χ0) is 17.4. The minimum absolute atomic E-state index is 0. The van der Waals surface area contributed by atoms with Gasteiger partial charge in [0.1, 0.15) is 5.75 Å². The summed E-state index contributed by atoms with van der Waals surface area (Å²) in [6.45, 7) is 0. The van der Waals surface area contributed by atoms with Crippen molar-refractivity contribution < 1.29 is 31.9 Å². The first-order valence-electron chi connectivity index (χ1n) is 7.25. The monoisotopic (exact) mass is 450 g/mol. The fourth-order valence-corrected chi connectivity index (χ4v) is 2.18.